The normalized spacial score (nSPS) is 16.0. The van der Waals surface area contributed by atoms with Gasteiger partial charge in [0, 0.05) is 20.1 Å². The Hall–Kier alpha value is -1.09. The van der Waals surface area contributed by atoms with Gasteiger partial charge in [-0.05, 0) is 43.9 Å². The Kier molecular flexibility index (Phi) is 8.21. The van der Waals surface area contributed by atoms with Gasteiger partial charge < -0.3 is 20.1 Å². The maximum atomic E-state index is 13.8. The minimum absolute atomic E-state index is 0. The quantitative estimate of drug-likeness (QED) is 0.397. The number of halogens is 2. The van der Waals surface area contributed by atoms with Gasteiger partial charge in [0.15, 0.2) is 17.5 Å². The summed E-state index contributed by atoms with van der Waals surface area (Å²) in [4.78, 5) is 6.45. The van der Waals surface area contributed by atoms with Crippen molar-refractivity contribution in [1.29, 1.82) is 0 Å². The highest BCUT2D eigenvalue weighted by atomic mass is 127. The standard InChI is InChI=1S/C17H26FN3O2.HI/c1-4-19-16(20-12-17(22)8-5-9-17)21(2)11-13-6-7-15(23-3)14(18)10-13;/h6-7,10,22H,4-5,8-9,11-12H2,1-3H3,(H,19,20);1H. The molecule has 0 aromatic heterocycles. The van der Waals surface area contributed by atoms with Gasteiger partial charge >= 0.3 is 0 Å². The van der Waals surface area contributed by atoms with Gasteiger partial charge in [-0.1, -0.05) is 6.07 Å². The zero-order valence-corrected chi connectivity index (χ0v) is 16.8. The van der Waals surface area contributed by atoms with Crippen molar-refractivity contribution in [2.24, 2.45) is 4.99 Å². The first-order valence-corrected chi connectivity index (χ1v) is 8.01. The first-order valence-electron chi connectivity index (χ1n) is 8.01. The number of aliphatic imine (C=N–C) groups is 1. The molecule has 2 N–H and O–H groups in total. The molecule has 0 unspecified atom stereocenters. The van der Waals surface area contributed by atoms with Crippen LogP contribution in [0.1, 0.15) is 31.7 Å². The van der Waals surface area contributed by atoms with Gasteiger partial charge in [0.1, 0.15) is 0 Å². The molecule has 1 fully saturated rings. The molecule has 0 radical (unpaired) electrons. The fraction of sp³-hybridized carbons (Fsp3) is 0.588. The Morgan fingerprint density at radius 1 is 1.46 bits per heavy atom. The molecule has 24 heavy (non-hydrogen) atoms. The molecule has 1 aromatic rings. The van der Waals surface area contributed by atoms with Crippen molar-refractivity contribution >= 4 is 29.9 Å². The number of hydrogen-bond acceptors (Lipinski definition) is 3. The van der Waals surface area contributed by atoms with Crippen LogP contribution >= 0.6 is 24.0 Å². The highest BCUT2D eigenvalue weighted by Crippen LogP contribution is 2.31. The monoisotopic (exact) mass is 451 g/mol. The number of ether oxygens (including phenoxy) is 1. The number of nitrogens with zero attached hydrogens (tertiary/aromatic N) is 2. The molecule has 136 valence electrons. The average molecular weight is 451 g/mol. The molecule has 1 aromatic carbocycles. The van der Waals surface area contributed by atoms with Crippen molar-refractivity contribution in [1.82, 2.24) is 10.2 Å². The Balaban J connectivity index is 0.00000288. The molecule has 0 aliphatic heterocycles. The van der Waals surface area contributed by atoms with Crippen molar-refractivity contribution in [2.45, 2.75) is 38.3 Å². The third-order valence-corrected chi connectivity index (χ3v) is 4.14. The number of benzene rings is 1. The van der Waals surface area contributed by atoms with E-state index in [1.807, 2.05) is 24.9 Å². The van der Waals surface area contributed by atoms with E-state index in [0.29, 0.717) is 19.0 Å². The van der Waals surface area contributed by atoms with Crippen LogP contribution in [0, 0.1) is 5.82 Å². The molecule has 0 spiro atoms. The second-order valence-electron chi connectivity index (χ2n) is 6.07. The van der Waals surface area contributed by atoms with Crippen LogP contribution in [0.5, 0.6) is 5.75 Å². The number of rotatable bonds is 6. The molecule has 1 saturated carbocycles. The number of methoxy groups -OCH3 is 1. The molecule has 2 rings (SSSR count). The van der Waals surface area contributed by atoms with Gasteiger partial charge in [-0.2, -0.15) is 0 Å². The molecular formula is C17H27FIN3O2. The van der Waals surface area contributed by atoms with Gasteiger partial charge in [0.2, 0.25) is 0 Å². The molecule has 0 heterocycles. The maximum absolute atomic E-state index is 13.8. The van der Waals surface area contributed by atoms with Crippen LogP contribution < -0.4 is 10.1 Å². The average Bonchev–Trinajstić information content (AvgIpc) is 2.49. The van der Waals surface area contributed by atoms with E-state index in [1.54, 1.807) is 6.07 Å². The highest BCUT2D eigenvalue weighted by Gasteiger charge is 2.34. The zero-order valence-electron chi connectivity index (χ0n) is 14.5. The van der Waals surface area contributed by atoms with Crippen LogP contribution in [0.15, 0.2) is 23.2 Å². The smallest absolute Gasteiger partial charge is 0.194 e. The second-order valence-corrected chi connectivity index (χ2v) is 6.07. The van der Waals surface area contributed by atoms with E-state index in [9.17, 15) is 9.50 Å². The summed E-state index contributed by atoms with van der Waals surface area (Å²) in [5, 5.41) is 13.4. The molecule has 1 aliphatic carbocycles. The van der Waals surface area contributed by atoms with Crippen LogP contribution in [-0.4, -0.2) is 48.8 Å². The first kappa shape index (κ1) is 21.0. The van der Waals surface area contributed by atoms with Gasteiger partial charge in [0.05, 0.1) is 19.3 Å². The fourth-order valence-corrected chi connectivity index (χ4v) is 2.59. The lowest BCUT2D eigenvalue weighted by atomic mass is 9.80. The van der Waals surface area contributed by atoms with Crippen molar-refractivity contribution < 1.29 is 14.2 Å². The van der Waals surface area contributed by atoms with Crippen molar-refractivity contribution in [3.05, 3.63) is 29.6 Å². The van der Waals surface area contributed by atoms with Crippen molar-refractivity contribution in [3.8, 4) is 5.75 Å². The van der Waals surface area contributed by atoms with Crippen LogP contribution in [-0.2, 0) is 6.54 Å². The Morgan fingerprint density at radius 2 is 2.17 bits per heavy atom. The Bertz CT molecular complexity index is 565. The molecule has 0 amide bonds. The van der Waals surface area contributed by atoms with Crippen molar-refractivity contribution in [2.75, 3.05) is 27.2 Å². The lowest BCUT2D eigenvalue weighted by Gasteiger charge is -2.35. The predicted molar refractivity (Wildman–Crippen MR) is 105 cm³/mol. The third-order valence-electron chi connectivity index (χ3n) is 4.14. The summed E-state index contributed by atoms with van der Waals surface area (Å²) in [6.45, 7) is 3.65. The summed E-state index contributed by atoms with van der Waals surface area (Å²) in [5.41, 5.74) is 0.187. The van der Waals surface area contributed by atoms with Crippen LogP contribution in [0.25, 0.3) is 0 Å². The molecule has 0 bridgehead atoms. The van der Waals surface area contributed by atoms with Crippen molar-refractivity contribution in [3.63, 3.8) is 0 Å². The van der Waals surface area contributed by atoms with Crippen LogP contribution in [0.3, 0.4) is 0 Å². The van der Waals surface area contributed by atoms with E-state index in [2.05, 4.69) is 10.3 Å². The molecular weight excluding hydrogens is 424 g/mol. The topological polar surface area (TPSA) is 57.1 Å². The molecule has 7 heteroatoms. The SMILES string of the molecule is CCNC(=NCC1(O)CCC1)N(C)Cc1ccc(OC)c(F)c1.I. The number of guanidine groups is 1. The van der Waals surface area contributed by atoms with Gasteiger partial charge in [0.25, 0.3) is 0 Å². The Morgan fingerprint density at radius 3 is 2.67 bits per heavy atom. The van der Waals surface area contributed by atoms with E-state index in [-0.39, 0.29) is 35.5 Å². The summed E-state index contributed by atoms with van der Waals surface area (Å²) in [7, 11) is 3.35. The van der Waals surface area contributed by atoms with E-state index >= 15 is 0 Å². The van der Waals surface area contributed by atoms with Gasteiger partial charge in [-0.3, -0.25) is 4.99 Å². The summed E-state index contributed by atoms with van der Waals surface area (Å²) in [6, 6.07) is 4.93. The lowest BCUT2D eigenvalue weighted by molar-refractivity contribution is -0.0237. The van der Waals surface area contributed by atoms with E-state index in [0.717, 1.165) is 31.4 Å². The fourth-order valence-electron chi connectivity index (χ4n) is 2.59. The largest absolute Gasteiger partial charge is 0.494 e. The number of nitrogens with one attached hydrogen (secondary N) is 1. The first-order chi connectivity index (χ1) is 11.0. The minimum Gasteiger partial charge on any atom is -0.494 e. The van der Waals surface area contributed by atoms with E-state index in [1.165, 1.54) is 13.2 Å². The minimum atomic E-state index is -0.645. The summed E-state index contributed by atoms with van der Waals surface area (Å²) >= 11 is 0. The highest BCUT2D eigenvalue weighted by molar-refractivity contribution is 14.0. The zero-order chi connectivity index (χ0) is 16.9. The molecule has 1 aliphatic rings. The third kappa shape index (κ3) is 5.47. The molecule has 5 nitrogen and oxygen atoms in total. The molecule has 0 atom stereocenters. The summed E-state index contributed by atoms with van der Waals surface area (Å²) in [6.07, 6.45) is 2.68. The van der Waals surface area contributed by atoms with Gasteiger partial charge in [-0.15, -0.1) is 24.0 Å². The van der Waals surface area contributed by atoms with E-state index in [4.69, 9.17) is 4.74 Å². The second kappa shape index (κ2) is 9.41. The summed E-state index contributed by atoms with van der Waals surface area (Å²) < 4.78 is 18.7. The van der Waals surface area contributed by atoms with Gasteiger partial charge in [-0.25, -0.2) is 4.39 Å². The van der Waals surface area contributed by atoms with E-state index < -0.39 is 5.60 Å². The number of aliphatic hydroxyl groups is 1. The Labute approximate surface area is 160 Å². The molecule has 0 saturated heterocycles. The van der Waals surface area contributed by atoms with Crippen LogP contribution in [0.4, 0.5) is 4.39 Å². The predicted octanol–water partition coefficient (Wildman–Crippen LogP) is 2.76. The maximum Gasteiger partial charge on any atom is 0.194 e. The summed E-state index contributed by atoms with van der Waals surface area (Å²) in [5.74, 6) is 0.581. The number of hydrogen-bond donors (Lipinski definition) is 2. The van der Waals surface area contributed by atoms with Crippen LogP contribution in [0.2, 0.25) is 0 Å². The lowest BCUT2D eigenvalue weighted by Crippen LogP contribution is -2.43.